The average molecular weight is 341 g/mol. The Labute approximate surface area is 142 Å². The zero-order valence-electron chi connectivity index (χ0n) is 13.3. The van der Waals surface area contributed by atoms with Crippen molar-refractivity contribution in [2.45, 2.75) is 19.4 Å². The standard InChI is InChI=1S/C17H15N3O5/c1-9-5-6-13(19-11-4-2-3-10(7-11)16(22)23)14-18-8-12(17(24)25)15(21)20(9)14/h2-4,6-9,19H,5H2,1H3,(H,22,23)(H,24,25). The van der Waals surface area contributed by atoms with Crippen LogP contribution in [0.1, 0.15) is 45.9 Å². The number of carbonyl (C=O) groups is 2. The zero-order chi connectivity index (χ0) is 18.1. The van der Waals surface area contributed by atoms with Crippen molar-refractivity contribution in [2.75, 3.05) is 5.32 Å². The second kappa shape index (κ2) is 6.23. The lowest BCUT2D eigenvalue weighted by atomic mass is 10.1. The van der Waals surface area contributed by atoms with Gasteiger partial charge in [0.1, 0.15) is 5.56 Å². The molecule has 0 fully saturated rings. The molecule has 0 spiro atoms. The van der Waals surface area contributed by atoms with Crippen LogP contribution in [0.2, 0.25) is 0 Å². The van der Waals surface area contributed by atoms with Crippen molar-refractivity contribution in [3.05, 3.63) is 63.8 Å². The molecule has 128 valence electrons. The van der Waals surface area contributed by atoms with Gasteiger partial charge < -0.3 is 15.5 Å². The van der Waals surface area contributed by atoms with Gasteiger partial charge in [-0.1, -0.05) is 12.1 Å². The van der Waals surface area contributed by atoms with E-state index in [9.17, 15) is 14.4 Å². The minimum absolute atomic E-state index is 0.126. The summed E-state index contributed by atoms with van der Waals surface area (Å²) in [4.78, 5) is 38.8. The van der Waals surface area contributed by atoms with Gasteiger partial charge in [-0.2, -0.15) is 0 Å². The Morgan fingerprint density at radius 2 is 2.04 bits per heavy atom. The number of carboxylic acids is 2. The van der Waals surface area contributed by atoms with Gasteiger partial charge in [-0.15, -0.1) is 0 Å². The number of rotatable bonds is 4. The molecule has 1 aromatic carbocycles. The maximum absolute atomic E-state index is 12.4. The van der Waals surface area contributed by atoms with E-state index in [4.69, 9.17) is 10.2 Å². The number of benzene rings is 1. The van der Waals surface area contributed by atoms with Crippen molar-refractivity contribution in [1.82, 2.24) is 9.55 Å². The molecular formula is C17H15N3O5. The molecule has 0 bridgehead atoms. The lowest BCUT2D eigenvalue weighted by Crippen LogP contribution is -2.34. The fourth-order valence-electron chi connectivity index (χ4n) is 2.70. The van der Waals surface area contributed by atoms with Crippen LogP contribution >= 0.6 is 0 Å². The number of nitrogens with one attached hydrogen (secondary N) is 1. The molecule has 0 radical (unpaired) electrons. The molecule has 25 heavy (non-hydrogen) atoms. The number of anilines is 1. The third-order valence-corrected chi connectivity index (χ3v) is 3.96. The number of aromatic nitrogens is 2. The number of allylic oxidation sites excluding steroid dienone is 1. The van der Waals surface area contributed by atoms with Gasteiger partial charge in [-0.3, -0.25) is 9.36 Å². The van der Waals surface area contributed by atoms with Crippen LogP contribution in [0.5, 0.6) is 0 Å². The Morgan fingerprint density at radius 1 is 1.28 bits per heavy atom. The summed E-state index contributed by atoms with van der Waals surface area (Å²) in [6, 6.07) is 6.01. The van der Waals surface area contributed by atoms with Crippen LogP contribution in [0, 0.1) is 0 Å². The second-order valence-corrected chi connectivity index (χ2v) is 5.69. The van der Waals surface area contributed by atoms with E-state index in [1.165, 1.54) is 16.7 Å². The van der Waals surface area contributed by atoms with Crippen molar-refractivity contribution in [3.63, 3.8) is 0 Å². The minimum Gasteiger partial charge on any atom is -0.478 e. The predicted octanol–water partition coefficient (Wildman–Crippen LogP) is 2.06. The van der Waals surface area contributed by atoms with Crippen LogP contribution < -0.4 is 10.9 Å². The summed E-state index contributed by atoms with van der Waals surface area (Å²) >= 11 is 0. The number of nitrogens with zero attached hydrogens (tertiary/aromatic N) is 2. The van der Waals surface area contributed by atoms with E-state index < -0.39 is 17.5 Å². The first-order valence-corrected chi connectivity index (χ1v) is 7.54. The van der Waals surface area contributed by atoms with Gasteiger partial charge in [0, 0.05) is 17.9 Å². The van der Waals surface area contributed by atoms with E-state index in [2.05, 4.69) is 10.3 Å². The minimum atomic E-state index is -1.32. The van der Waals surface area contributed by atoms with Gasteiger partial charge in [-0.25, -0.2) is 14.6 Å². The molecule has 0 saturated heterocycles. The van der Waals surface area contributed by atoms with Crippen molar-refractivity contribution in [2.24, 2.45) is 0 Å². The molecule has 2 aromatic rings. The van der Waals surface area contributed by atoms with Crippen molar-refractivity contribution in [1.29, 1.82) is 0 Å². The van der Waals surface area contributed by atoms with Crippen LogP contribution in [-0.4, -0.2) is 31.7 Å². The Kier molecular flexibility index (Phi) is 4.10. The van der Waals surface area contributed by atoms with Crippen LogP contribution in [0.4, 0.5) is 5.69 Å². The van der Waals surface area contributed by atoms with Crippen LogP contribution in [0.3, 0.4) is 0 Å². The van der Waals surface area contributed by atoms with E-state index >= 15 is 0 Å². The van der Waals surface area contributed by atoms with E-state index in [0.29, 0.717) is 23.6 Å². The fourth-order valence-corrected chi connectivity index (χ4v) is 2.70. The molecule has 3 rings (SSSR count). The summed E-state index contributed by atoms with van der Waals surface area (Å²) in [5.41, 5.74) is 0.182. The van der Waals surface area contributed by atoms with E-state index in [0.717, 1.165) is 6.20 Å². The van der Waals surface area contributed by atoms with E-state index in [-0.39, 0.29) is 17.2 Å². The summed E-state index contributed by atoms with van der Waals surface area (Å²) < 4.78 is 1.34. The highest BCUT2D eigenvalue weighted by Crippen LogP contribution is 2.26. The van der Waals surface area contributed by atoms with Crippen LogP contribution in [-0.2, 0) is 0 Å². The number of fused-ring (bicyclic) bond motifs is 1. The molecule has 1 aromatic heterocycles. The third kappa shape index (κ3) is 3.01. The summed E-state index contributed by atoms with van der Waals surface area (Å²) in [6.45, 7) is 1.80. The highest BCUT2D eigenvalue weighted by Gasteiger charge is 2.24. The van der Waals surface area contributed by atoms with Crippen molar-refractivity contribution < 1.29 is 19.8 Å². The molecule has 1 atom stereocenters. The molecule has 1 aliphatic rings. The van der Waals surface area contributed by atoms with Crippen LogP contribution in [0.25, 0.3) is 5.70 Å². The highest BCUT2D eigenvalue weighted by molar-refractivity contribution is 5.90. The van der Waals surface area contributed by atoms with Gasteiger partial charge >= 0.3 is 11.9 Å². The Bertz CT molecular complexity index is 961. The van der Waals surface area contributed by atoms with Crippen molar-refractivity contribution in [3.8, 4) is 0 Å². The normalized spacial score (nSPS) is 15.9. The van der Waals surface area contributed by atoms with Crippen molar-refractivity contribution >= 4 is 23.3 Å². The molecule has 3 N–H and O–H groups in total. The third-order valence-electron chi connectivity index (χ3n) is 3.96. The monoisotopic (exact) mass is 341 g/mol. The van der Waals surface area contributed by atoms with Gasteiger partial charge in [0.05, 0.1) is 11.3 Å². The van der Waals surface area contributed by atoms with Gasteiger partial charge in [-0.05, 0) is 31.5 Å². The van der Waals surface area contributed by atoms with Gasteiger partial charge in [0.2, 0.25) is 0 Å². The molecule has 0 aliphatic carbocycles. The summed E-state index contributed by atoms with van der Waals surface area (Å²) in [5, 5.41) is 21.2. The highest BCUT2D eigenvalue weighted by atomic mass is 16.4. The number of hydrogen-bond acceptors (Lipinski definition) is 5. The van der Waals surface area contributed by atoms with Gasteiger partial charge in [0.15, 0.2) is 5.82 Å². The molecular weight excluding hydrogens is 326 g/mol. The Balaban J connectivity index is 2.02. The average Bonchev–Trinajstić information content (AvgIpc) is 2.57. The molecule has 8 heteroatoms. The maximum Gasteiger partial charge on any atom is 0.342 e. The van der Waals surface area contributed by atoms with E-state index in [1.807, 2.05) is 6.08 Å². The second-order valence-electron chi connectivity index (χ2n) is 5.69. The van der Waals surface area contributed by atoms with Crippen LogP contribution in [0.15, 0.2) is 41.3 Å². The molecule has 0 saturated carbocycles. The molecule has 1 aliphatic heterocycles. The first-order chi connectivity index (χ1) is 11.9. The largest absolute Gasteiger partial charge is 0.478 e. The quantitative estimate of drug-likeness (QED) is 0.778. The zero-order valence-corrected chi connectivity index (χ0v) is 13.3. The summed E-state index contributed by atoms with van der Waals surface area (Å²) in [5.74, 6) is -2.05. The van der Waals surface area contributed by atoms with E-state index in [1.54, 1.807) is 19.1 Å². The number of hydrogen-bond donors (Lipinski definition) is 3. The topological polar surface area (TPSA) is 122 Å². The van der Waals surface area contributed by atoms with Gasteiger partial charge in [0.25, 0.3) is 5.56 Å². The molecule has 0 amide bonds. The molecule has 8 nitrogen and oxygen atoms in total. The smallest absolute Gasteiger partial charge is 0.342 e. The lowest BCUT2D eigenvalue weighted by molar-refractivity contribution is 0.0684. The first-order valence-electron chi connectivity index (χ1n) is 7.54. The molecule has 2 heterocycles. The SMILES string of the molecule is CC1CC=C(Nc2cccc(C(=O)O)c2)c2ncc(C(=O)O)c(=O)n21. The number of carboxylic acid groups (broad SMARTS) is 2. The Hall–Kier alpha value is -3.42. The summed E-state index contributed by atoms with van der Waals surface area (Å²) in [7, 11) is 0. The predicted molar refractivity (Wildman–Crippen MR) is 89.8 cm³/mol. The maximum atomic E-state index is 12.4. The lowest BCUT2D eigenvalue weighted by Gasteiger charge is -2.25. The number of aromatic carboxylic acids is 2. The summed E-state index contributed by atoms with van der Waals surface area (Å²) in [6.07, 6.45) is 3.40. The fraction of sp³-hybridized carbons (Fsp3) is 0.176. The Morgan fingerprint density at radius 3 is 2.72 bits per heavy atom. The molecule has 1 unspecified atom stereocenters. The first kappa shape index (κ1) is 16.4.